The number of anilines is 1. The third kappa shape index (κ3) is 3.70. The standard InChI is InChI=1S/C20H19F2NO/c21-18-6-4-5-16(20(18)22)9-12-19(24)15-7-10-17(11-8-15)23-13-2-1-3-14-23/h4-12H,1-3,13-14H2/b12-9+. The highest BCUT2D eigenvalue weighted by molar-refractivity contribution is 6.07. The Morgan fingerprint density at radius 1 is 0.958 bits per heavy atom. The summed E-state index contributed by atoms with van der Waals surface area (Å²) in [4.78, 5) is 14.5. The molecule has 1 heterocycles. The zero-order valence-corrected chi connectivity index (χ0v) is 13.3. The van der Waals surface area contributed by atoms with E-state index in [9.17, 15) is 13.6 Å². The summed E-state index contributed by atoms with van der Waals surface area (Å²) >= 11 is 0. The van der Waals surface area contributed by atoms with Gasteiger partial charge in [0.15, 0.2) is 17.4 Å². The number of carbonyl (C=O) groups excluding carboxylic acids is 1. The van der Waals surface area contributed by atoms with Gasteiger partial charge in [0.05, 0.1) is 0 Å². The van der Waals surface area contributed by atoms with Crippen LogP contribution in [0.25, 0.3) is 6.08 Å². The Kier molecular flexibility index (Phi) is 5.04. The van der Waals surface area contributed by atoms with E-state index in [0.717, 1.165) is 24.8 Å². The molecular formula is C20H19F2NO. The molecule has 0 spiro atoms. The number of rotatable bonds is 4. The fourth-order valence-electron chi connectivity index (χ4n) is 2.90. The van der Waals surface area contributed by atoms with E-state index in [1.54, 1.807) is 12.1 Å². The van der Waals surface area contributed by atoms with E-state index < -0.39 is 11.6 Å². The Labute approximate surface area is 140 Å². The average Bonchev–Trinajstić information content (AvgIpc) is 2.63. The highest BCUT2D eigenvalue weighted by Gasteiger charge is 2.11. The summed E-state index contributed by atoms with van der Waals surface area (Å²) < 4.78 is 26.7. The normalized spacial score (nSPS) is 15.0. The third-order valence-electron chi connectivity index (χ3n) is 4.27. The van der Waals surface area contributed by atoms with Crippen molar-refractivity contribution in [2.24, 2.45) is 0 Å². The van der Waals surface area contributed by atoms with E-state index in [1.165, 1.54) is 43.5 Å². The fraction of sp³-hybridized carbons (Fsp3) is 0.250. The zero-order chi connectivity index (χ0) is 16.9. The molecule has 0 N–H and O–H groups in total. The lowest BCUT2D eigenvalue weighted by molar-refractivity contribution is 0.104. The van der Waals surface area contributed by atoms with Crippen molar-refractivity contribution in [1.29, 1.82) is 0 Å². The molecule has 1 aliphatic rings. The number of piperidine rings is 1. The summed E-state index contributed by atoms with van der Waals surface area (Å²) in [5.74, 6) is -2.10. The van der Waals surface area contributed by atoms with E-state index in [1.807, 2.05) is 12.1 Å². The van der Waals surface area contributed by atoms with Crippen LogP contribution in [0, 0.1) is 11.6 Å². The Hall–Kier alpha value is -2.49. The lowest BCUT2D eigenvalue weighted by Gasteiger charge is -2.28. The van der Waals surface area contributed by atoms with Crippen LogP contribution in [0.5, 0.6) is 0 Å². The number of benzene rings is 2. The van der Waals surface area contributed by atoms with Crippen molar-refractivity contribution in [2.45, 2.75) is 19.3 Å². The van der Waals surface area contributed by atoms with Crippen LogP contribution in [0.4, 0.5) is 14.5 Å². The van der Waals surface area contributed by atoms with Gasteiger partial charge in [0, 0.05) is 29.9 Å². The van der Waals surface area contributed by atoms with Crippen molar-refractivity contribution in [3.63, 3.8) is 0 Å². The largest absolute Gasteiger partial charge is 0.372 e. The van der Waals surface area contributed by atoms with Crippen molar-refractivity contribution in [2.75, 3.05) is 18.0 Å². The summed E-state index contributed by atoms with van der Waals surface area (Å²) in [6, 6.07) is 11.3. The molecule has 1 saturated heterocycles. The maximum Gasteiger partial charge on any atom is 0.185 e. The SMILES string of the molecule is O=C(/C=C/c1cccc(F)c1F)c1ccc(N2CCCCC2)cc1. The summed E-state index contributed by atoms with van der Waals surface area (Å²) in [5, 5.41) is 0. The first-order valence-electron chi connectivity index (χ1n) is 8.16. The second-order valence-corrected chi connectivity index (χ2v) is 5.94. The van der Waals surface area contributed by atoms with Gasteiger partial charge < -0.3 is 4.90 Å². The molecule has 2 aromatic rings. The molecule has 2 aromatic carbocycles. The van der Waals surface area contributed by atoms with Gasteiger partial charge in [-0.05, 0) is 61.7 Å². The minimum Gasteiger partial charge on any atom is -0.372 e. The number of allylic oxidation sites excluding steroid dienone is 1. The Balaban J connectivity index is 1.70. The Bertz CT molecular complexity index is 747. The van der Waals surface area contributed by atoms with Crippen LogP contribution in [0.3, 0.4) is 0 Å². The van der Waals surface area contributed by atoms with Crippen LogP contribution in [-0.2, 0) is 0 Å². The number of hydrogen-bond donors (Lipinski definition) is 0. The molecule has 0 bridgehead atoms. The van der Waals surface area contributed by atoms with Crippen LogP contribution in [0.15, 0.2) is 48.5 Å². The molecular weight excluding hydrogens is 308 g/mol. The highest BCUT2D eigenvalue weighted by Crippen LogP contribution is 2.21. The van der Waals surface area contributed by atoms with Gasteiger partial charge in [-0.3, -0.25) is 4.79 Å². The summed E-state index contributed by atoms with van der Waals surface area (Å²) in [6.45, 7) is 2.10. The van der Waals surface area contributed by atoms with E-state index >= 15 is 0 Å². The maximum absolute atomic E-state index is 13.6. The summed E-state index contributed by atoms with van der Waals surface area (Å²) in [7, 11) is 0. The van der Waals surface area contributed by atoms with Gasteiger partial charge in [0.2, 0.25) is 0 Å². The summed E-state index contributed by atoms with van der Waals surface area (Å²) in [5.41, 5.74) is 1.71. The predicted octanol–water partition coefficient (Wildman–Crippen LogP) is 4.85. The number of nitrogens with zero attached hydrogens (tertiary/aromatic N) is 1. The lowest BCUT2D eigenvalue weighted by atomic mass is 10.1. The second-order valence-electron chi connectivity index (χ2n) is 5.94. The molecule has 0 amide bonds. The topological polar surface area (TPSA) is 20.3 Å². The minimum atomic E-state index is -0.943. The molecule has 0 radical (unpaired) electrons. The number of ketones is 1. The number of hydrogen-bond acceptors (Lipinski definition) is 2. The van der Waals surface area contributed by atoms with Gasteiger partial charge in [-0.2, -0.15) is 0 Å². The van der Waals surface area contributed by atoms with Gasteiger partial charge in [-0.15, -0.1) is 0 Å². The first kappa shape index (κ1) is 16.4. The molecule has 0 aliphatic carbocycles. The third-order valence-corrected chi connectivity index (χ3v) is 4.27. The molecule has 4 heteroatoms. The Morgan fingerprint density at radius 2 is 1.67 bits per heavy atom. The molecule has 1 fully saturated rings. The molecule has 3 rings (SSSR count). The van der Waals surface area contributed by atoms with Gasteiger partial charge in [-0.25, -0.2) is 8.78 Å². The van der Waals surface area contributed by atoms with Gasteiger partial charge in [0.25, 0.3) is 0 Å². The van der Waals surface area contributed by atoms with Gasteiger partial charge >= 0.3 is 0 Å². The van der Waals surface area contributed by atoms with Crippen molar-refractivity contribution in [3.05, 3.63) is 71.3 Å². The quantitative estimate of drug-likeness (QED) is 0.591. The van der Waals surface area contributed by atoms with Crippen LogP contribution in [0.1, 0.15) is 35.2 Å². The molecule has 124 valence electrons. The van der Waals surface area contributed by atoms with Gasteiger partial charge in [-0.1, -0.05) is 12.1 Å². The van der Waals surface area contributed by atoms with Crippen LogP contribution in [0.2, 0.25) is 0 Å². The van der Waals surface area contributed by atoms with Crippen molar-refractivity contribution >= 4 is 17.5 Å². The zero-order valence-electron chi connectivity index (χ0n) is 13.3. The van der Waals surface area contributed by atoms with Crippen LogP contribution < -0.4 is 4.90 Å². The van der Waals surface area contributed by atoms with E-state index in [2.05, 4.69) is 4.90 Å². The van der Waals surface area contributed by atoms with Crippen molar-refractivity contribution in [3.8, 4) is 0 Å². The number of carbonyl (C=O) groups is 1. The minimum absolute atomic E-state index is 0.0632. The summed E-state index contributed by atoms with van der Waals surface area (Å²) in [6.07, 6.45) is 6.24. The van der Waals surface area contributed by atoms with E-state index in [4.69, 9.17) is 0 Å². The first-order valence-corrected chi connectivity index (χ1v) is 8.16. The molecule has 24 heavy (non-hydrogen) atoms. The molecule has 2 nitrogen and oxygen atoms in total. The number of halogens is 2. The second kappa shape index (κ2) is 7.39. The molecule has 0 saturated carbocycles. The van der Waals surface area contributed by atoms with Crippen molar-refractivity contribution < 1.29 is 13.6 Å². The lowest BCUT2D eigenvalue weighted by Crippen LogP contribution is -2.29. The van der Waals surface area contributed by atoms with E-state index in [0.29, 0.717) is 5.56 Å². The average molecular weight is 327 g/mol. The first-order chi connectivity index (χ1) is 11.6. The van der Waals surface area contributed by atoms with Crippen LogP contribution in [-0.4, -0.2) is 18.9 Å². The fourth-order valence-corrected chi connectivity index (χ4v) is 2.90. The molecule has 1 aliphatic heterocycles. The molecule has 0 atom stereocenters. The van der Waals surface area contributed by atoms with Crippen molar-refractivity contribution in [1.82, 2.24) is 0 Å². The maximum atomic E-state index is 13.6. The van der Waals surface area contributed by atoms with Crippen LogP contribution >= 0.6 is 0 Å². The highest BCUT2D eigenvalue weighted by atomic mass is 19.2. The Morgan fingerprint density at radius 3 is 2.38 bits per heavy atom. The predicted molar refractivity (Wildman–Crippen MR) is 92.2 cm³/mol. The molecule has 0 unspecified atom stereocenters. The monoisotopic (exact) mass is 327 g/mol. The van der Waals surface area contributed by atoms with Gasteiger partial charge in [0.1, 0.15) is 0 Å². The smallest absolute Gasteiger partial charge is 0.185 e. The van der Waals surface area contributed by atoms with E-state index in [-0.39, 0.29) is 11.3 Å². The molecule has 0 aromatic heterocycles.